The zero-order valence-electron chi connectivity index (χ0n) is 8.25. The van der Waals surface area contributed by atoms with Crippen LogP contribution in [0.1, 0.15) is 40.0 Å². The molecule has 0 spiro atoms. The highest BCUT2D eigenvalue weighted by atomic mass is 32.1. The minimum atomic E-state index is -0.513. The quantitative estimate of drug-likeness (QED) is 0.606. The van der Waals surface area contributed by atoms with E-state index >= 15 is 0 Å². The van der Waals surface area contributed by atoms with Gasteiger partial charge in [-0.25, -0.2) is 0 Å². The molecule has 0 bridgehead atoms. The first-order chi connectivity index (χ1) is 5.41. The molecule has 1 fully saturated rings. The predicted octanol–water partition coefficient (Wildman–Crippen LogP) is 2.49. The summed E-state index contributed by atoms with van der Waals surface area (Å²) in [6.45, 7) is 6.07. The molecule has 0 aromatic heterocycles. The summed E-state index contributed by atoms with van der Waals surface area (Å²) in [5.41, 5.74) is -0.513. The van der Waals surface area contributed by atoms with Crippen molar-refractivity contribution in [1.82, 2.24) is 0 Å². The van der Waals surface area contributed by atoms with Crippen molar-refractivity contribution in [3.63, 3.8) is 0 Å². The normalized spacial score (nSPS) is 38.2. The highest BCUT2D eigenvalue weighted by molar-refractivity contribution is 7.81. The van der Waals surface area contributed by atoms with Crippen molar-refractivity contribution in [3.8, 4) is 0 Å². The van der Waals surface area contributed by atoms with Crippen LogP contribution in [0.2, 0.25) is 0 Å². The Balaban J connectivity index is 2.51. The molecule has 2 heteroatoms. The maximum Gasteiger partial charge on any atom is 0.0620 e. The van der Waals surface area contributed by atoms with Gasteiger partial charge in [0.25, 0.3) is 0 Å². The Bertz CT molecular complexity index is 150. The second-order valence-corrected chi connectivity index (χ2v) is 5.37. The van der Waals surface area contributed by atoms with Crippen molar-refractivity contribution >= 4 is 12.6 Å². The van der Waals surface area contributed by atoms with Crippen molar-refractivity contribution in [2.24, 2.45) is 11.8 Å². The minimum Gasteiger partial charge on any atom is -0.390 e. The molecule has 0 radical (unpaired) electrons. The second-order valence-electron chi connectivity index (χ2n) is 4.71. The van der Waals surface area contributed by atoms with Crippen LogP contribution in [0.25, 0.3) is 0 Å². The van der Waals surface area contributed by atoms with Crippen LogP contribution in [0.4, 0.5) is 0 Å². The van der Waals surface area contributed by atoms with E-state index in [4.69, 9.17) is 0 Å². The first-order valence-corrected chi connectivity index (χ1v) is 5.33. The molecule has 1 aliphatic rings. The molecule has 1 rings (SSSR count). The molecule has 72 valence electrons. The molecule has 1 saturated carbocycles. The van der Waals surface area contributed by atoms with E-state index in [1.165, 1.54) is 6.42 Å². The monoisotopic (exact) mass is 188 g/mol. The molecule has 0 amide bonds. The van der Waals surface area contributed by atoms with E-state index in [1.54, 1.807) is 0 Å². The van der Waals surface area contributed by atoms with Gasteiger partial charge in [0.1, 0.15) is 0 Å². The van der Waals surface area contributed by atoms with Gasteiger partial charge in [0, 0.05) is 5.25 Å². The van der Waals surface area contributed by atoms with E-state index in [0.29, 0.717) is 17.1 Å². The summed E-state index contributed by atoms with van der Waals surface area (Å²) >= 11 is 4.54. The topological polar surface area (TPSA) is 20.2 Å². The summed E-state index contributed by atoms with van der Waals surface area (Å²) in [6.07, 6.45) is 3.43. The SMILES string of the molecule is CC1CCC(C(C)(C)O)CC1S. The van der Waals surface area contributed by atoms with Crippen LogP contribution in [0, 0.1) is 11.8 Å². The predicted molar refractivity (Wildman–Crippen MR) is 55.6 cm³/mol. The Morgan fingerprint density at radius 2 is 1.92 bits per heavy atom. The van der Waals surface area contributed by atoms with E-state index in [0.717, 1.165) is 12.8 Å². The number of rotatable bonds is 1. The summed E-state index contributed by atoms with van der Waals surface area (Å²) in [4.78, 5) is 0. The van der Waals surface area contributed by atoms with Crippen LogP contribution in [-0.2, 0) is 0 Å². The lowest BCUT2D eigenvalue weighted by molar-refractivity contribution is -0.00310. The third kappa shape index (κ3) is 2.40. The van der Waals surface area contributed by atoms with Gasteiger partial charge in [-0.2, -0.15) is 12.6 Å². The highest BCUT2D eigenvalue weighted by Crippen LogP contribution is 2.37. The van der Waals surface area contributed by atoms with Gasteiger partial charge < -0.3 is 5.11 Å². The molecule has 1 N–H and O–H groups in total. The smallest absolute Gasteiger partial charge is 0.0620 e. The fourth-order valence-electron chi connectivity index (χ4n) is 1.94. The van der Waals surface area contributed by atoms with Gasteiger partial charge in [-0.3, -0.25) is 0 Å². The number of hydrogen-bond acceptors (Lipinski definition) is 2. The largest absolute Gasteiger partial charge is 0.390 e. The van der Waals surface area contributed by atoms with Crippen LogP contribution in [-0.4, -0.2) is 16.0 Å². The van der Waals surface area contributed by atoms with Crippen LogP contribution >= 0.6 is 12.6 Å². The first kappa shape index (κ1) is 10.4. The lowest BCUT2D eigenvalue weighted by Gasteiger charge is -2.38. The van der Waals surface area contributed by atoms with Crippen LogP contribution in [0.3, 0.4) is 0 Å². The summed E-state index contributed by atoms with van der Waals surface area (Å²) < 4.78 is 0. The maximum absolute atomic E-state index is 9.81. The van der Waals surface area contributed by atoms with Crippen molar-refractivity contribution in [2.45, 2.75) is 50.9 Å². The molecule has 0 aromatic carbocycles. The molecule has 1 nitrogen and oxygen atoms in total. The Morgan fingerprint density at radius 1 is 1.33 bits per heavy atom. The number of aliphatic hydroxyl groups is 1. The Morgan fingerprint density at radius 3 is 2.33 bits per heavy atom. The van der Waals surface area contributed by atoms with Gasteiger partial charge in [0.15, 0.2) is 0 Å². The summed E-state index contributed by atoms with van der Waals surface area (Å²) in [5, 5.41) is 10.3. The Kier molecular flexibility index (Phi) is 3.11. The molecule has 0 aromatic rings. The summed E-state index contributed by atoms with van der Waals surface area (Å²) in [5.74, 6) is 1.16. The van der Waals surface area contributed by atoms with Crippen molar-refractivity contribution in [2.75, 3.05) is 0 Å². The van der Waals surface area contributed by atoms with Crippen molar-refractivity contribution in [1.29, 1.82) is 0 Å². The average Bonchev–Trinajstić information content (AvgIpc) is 1.92. The van der Waals surface area contributed by atoms with Gasteiger partial charge in [0.05, 0.1) is 5.60 Å². The third-order valence-corrected chi connectivity index (χ3v) is 3.87. The molecule has 0 heterocycles. The van der Waals surface area contributed by atoms with Crippen molar-refractivity contribution in [3.05, 3.63) is 0 Å². The van der Waals surface area contributed by atoms with E-state index in [1.807, 2.05) is 13.8 Å². The second kappa shape index (κ2) is 3.59. The fourth-order valence-corrected chi connectivity index (χ4v) is 2.34. The molecule has 0 saturated heterocycles. The zero-order valence-corrected chi connectivity index (χ0v) is 9.14. The zero-order chi connectivity index (χ0) is 9.35. The summed E-state index contributed by atoms with van der Waals surface area (Å²) in [7, 11) is 0. The number of thiol groups is 1. The highest BCUT2D eigenvalue weighted by Gasteiger charge is 2.33. The molecule has 3 atom stereocenters. The van der Waals surface area contributed by atoms with E-state index in [2.05, 4.69) is 19.6 Å². The maximum atomic E-state index is 9.81. The van der Waals surface area contributed by atoms with Gasteiger partial charge in [-0.05, 0) is 44.9 Å². The number of hydrogen-bond donors (Lipinski definition) is 2. The van der Waals surface area contributed by atoms with Crippen LogP contribution in [0.15, 0.2) is 0 Å². The van der Waals surface area contributed by atoms with Gasteiger partial charge in [0.2, 0.25) is 0 Å². The molecule has 12 heavy (non-hydrogen) atoms. The van der Waals surface area contributed by atoms with Crippen LogP contribution < -0.4 is 0 Å². The van der Waals surface area contributed by atoms with E-state index in [9.17, 15) is 5.11 Å². The third-order valence-electron chi connectivity index (χ3n) is 3.15. The molecule has 3 unspecified atom stereocenters. The molecule has 1 aliphatic carbocycles. The van der Waals surface area contributed by atoms with E-state index in [-0.39, 0.29) is 0 Å². The minimum absolute atomic E-state index is 0.441. The first-order valence-electron chi connectivity index (χ1n) is 4.81. The Labute approximate surface area is 81.0 Å². The van der Waals surface area contributed by atoms with Crippen molar-refractivity contribution < 1.29 is 5.11 Å². The summed E-state index contributed by atoms with van der Waals surface area (Å²) in [6, 6.07) is 0. The molecular formula is C10H20OS. The van der Waals surface area contributed by atoms with Gasteiger partial charge in [-0.1, -0.05) is 6.92 Å². The van der Waals surface area contributed by atoms with E-state index < -0.39 is 5.60 Å². The lowest BCUT2D eigenvalue weighted by Crippen LogP contribution is -2.37. The standard InChI is InChI=1S/C10H20OS/c1-7-4-5-8(6-9(7)12)10(2,3)11/h7-9,11-12H,4-6H2,1-3H3. The lowest BCUT2D eigenvalue weighted by atomic mass is 9.75. The van der Waals surface area contributed by atoms with Gasteiger partial charge >= 0.3 is 0 Å². The molecule has 0 aliphatic heterocycles. The van der Waals surface area contributed by atoms with Crippen LogP contribution in [0.5, 0.6) is 0 Å². The average molecular weight is 188 g/mol. The molecular weight excluding hydrogens is 168 g/mol. The Hall–Kier alpha value is 0.310. The van der Waals surface area contributed by atoms with Gasteiger partial charge in [-0.15, -0.1) is 0 Å². The fraction of sp³-hybridized carbons (Fsp3) is 1.00.